The van der Waals surface area contributed by atoms with Crippen LogP contribution < -0.4 is 14.5 Å². The third-order valence-corrected chi connectivity index (χ3v) is 11.6. The van der Waals surface area contributed by atoms with E-state index in [-0.39, 0.29) is 58.0 Å². The highest BCUT2D eigenvalue weighted by Gasteiger charge is 2.41. The number of hydrogen-bond acceptors (Lipinski definition) is 8. The summed E-state index contributed by atoms with van der Waals surface area (Å²) in [6.45, 7) is 4.43. The second-order valence-electron chi connectivity index (χ2n) is 13.9. The van der Waals surface area contributed by atoms with Crippen LogP contribution in [0.25, 0.3) is 11.1 Å². The van der Waals surface area contributed by atoms with Gasteiger partial charge in [-0.15, -0.1) is 0 Å². The number of hydrogen-bond donors (Lipinski definition) is 1. The third kappa shape index (κ3) is 5.86. The molecule has 3 aromatic rings. The van der Waals surface area contributed by atoms with Gasteiger partial charge in [-0.3, -0.25) is 9.69 Å². The molecule has 3 aromatic carbocycles. The highest BCUT2D eigenvalue weighted by Crippen LogP contribution is 2.44. The van der Waals surface area contributed by atoms with Gasteiger partial charge in [0.2, 0.25) is 0 Å². The zero-order valence-corrected chi connectivity index (χ0v) is 29.3. The Balaban J connectivity index is 1.04. The summed E-state index contributed by atoms with van der Waals surface area (Å²) in [5.74, 6) is -1.77. The van der Waals surface area contributed by atoms with E-state index in [0.29, 0.717) is 54.5 Å². The number of carboxylic acid groups (broad SMARTS) is 1. The minimum Gasteiger partial charge on any atom is -0.478 e. The second-order valence-corrected chi connectivity index (χ2v) is 14.7. The van der Waals surface area contributed by atoms with E-state index in [4.69, 9.17) is 37.4 Å². The maximum atomic E-state index is 15.8. The highest BCUT2D eigenvalue weighted by atomic mass is 35.5. The van der Waals surface area contributed by atoms with Crippen molar-refractivity contribution in [3.8, 4) is 16.9 Å². The zero-order chi connectivity index (χ0) is 34.7. The maximum absolute atomic E-state index is 15.8. The number of halogens is 3. The lowest BCUT2D eigenvalue weighted by Gasteiger charge is -2.42. The third-order valence-electron chi connectivity index (χ3n) is 11.0. The molecule has 4 unspecified atom stereocenters. The normalized spacial score (nSPS) is 24.4. The van der Waals surface area contributed by atoms with Crippen LogP contribution in [0, 0.1) is 5.82 Å². The van der Waals surface area contributed by atoms with Crippen LogP contribution >= 0.6 is 23.2 Å². The lowest BCUT2D eigenvalue weighted by Crippen LogP contribution is -2.54. The first kappa shape index (κ1) is 33.5. The number of rotatable bonds is 8. The number of anilines is 2. The van der Waals surface area contributed by atoms with Crippen LogP contribution in [0.4, 0.5) is 15.8 Å². The fraction of sp³-hybridized carbons (Fsp3) is 0.459. The number of nitrogens with zero attached hydrogens (tertiary/aromatic N) is 4. The Hall–Kier alpha value is -3.61. The average molecular weight is 726 g/mol. The van der Waals surface area contributed by atoms with E-state index in [1.54, 1.807) is 25.3 Å². The second kappa shape index (κ2) is 13.5. The molecule has 4 fully saturated rings. The van der Waals surface area contributed by atoms with Crippen molar-refractivity contribution < 1.29 is 33.3 Å². The van der Waals surface area contributed by atoms with Crippen molar-refractivity contribution in [3.05, 3.63) is 75.0 Å². The molecule has 0 aromatic heterocycles. The number of para-hydroxylation sites is 1. The lowest BCUT2D eigenvalue weighted by molar-refractivity contribution is 0.0516. The van der Waals surface area contributed by atoms with E-state index in [1.165, 1.54) is 4.90 Å². The Kier molecular flexibility index (Phi) is 9.05. The number of aromatic carboxylic acids is 1. The summed E-state index contributed by atoms with van der Waals surface area (Å²) in [5.41, 5.74) is 2.91. The Morgan fingerprint density at radius 3 is 2.30 bits per heavy atom. The monoisotopic (exact) mass is 724 g/mol. The van der Waals surface area contributed by atoms with Crippen LogP contribution in [-0.4, -0.2) is 104 Å². The number of piperazine rings is 1. The summed E-state index contributed by atoms with van der Waals surface area (Å²) < 4.78 is 33.0. The van der Waals surface area contributed by atoms with Gasteiger partial charge in [-0.25, -0.2) is 9.18 Å². The number of ether oxygens (including phenoxy) is 3. The van der Waals surface area contributed by atoms with Gasteiger partial charge in [-0.1, -0.05) is 41.4 Å². The summed E-state index contributed by atoms with van der Waals surface area (Å²) in [6.07, 6.45) is 4.04. The van der Waals surface area contributed by atoms with Crippen molar-refractivity contribution in [1.82, 2.24) is 9.80 Å². The topological polar surface area (TPSA) is 95.0 Å². The predicted molar refractivity (Wildman–Crippen MR) is 188 cm³/mol. The van der Waals surface area contributed by atoms with Gasteiger partial charge in [0.05, 0.1) is 65.3 Å². The van der Waals surface area contributed by atoms with Crippen LogP contribution in [0.1, 0.15) is 52.0 Å². The van der Waals surface area contributed by atoms with Crippen molar-refractivity contribution in [2.24, 2.45) is 0 Å². The van der Waals surface area contributed by atoms with Gasteiger partial charge in [0.15, 0.2) is 6.73 Å². The summed E-state index contributed by atoms with van der Waals surface area (Å²) in [7, 11) is 1.73. The van der Waals surface area contributed by atoms with Gasteiger partial charge in [-0.05, 0) is 49.9 Å². The van der Waals surface area contributed by atoms with Gasteiger partial charge in [0, 0.05) is 61.2 Å². The van der Waals surface area contributed by atoms with Crippen molar-refractivity contribution >= 4 is 46.5 Å². The van der Waals surface area contributed by atoms with Gasteiger partial charge >= 0.3 is 5.97 Å². The average Bonchev–Trinajstić information content (AvgIpc) is 3.48. The summed E-state index contributed by atoms with van der Waals surface area (Å²) >= 11 is 13.6. The van der Waals surface area contributed by atoms with Crippen LogP contribution in [0.3, 0.4) is 0 Å². The number of amides is 1. The highest BCUT2D eigenvalue weighted by molar-refractivity contribution is 6.40. The van der Waals surface area contributed by atoms with Gasteiger partial charge in [0.1, 0.15) is 11.6 Å². The van der Waals surface area contributed by atoms with Gasteiger partial charge in [0.25, 0.3) is 5.91 Å². The van der Waals surface area contributed by atoms with Crippen molar-refractivity contribution in [2.75, 3.05) is 63.1 Å². The molecule has 8 rings (SSSR count). The number of benzene rings is 3. The van der Waals surface area contributed by atoms with E-state index < -0.39 is 11.8 Å². The molecule has 4 atom stereocenters. The fourth-order valence-electron chi connectivity index (χ4n) is 8.66. The Bertz CT molecular complexity index is 1790. The molecule has 0 radical (unpaired) electrons. The van der Waals surface area contributed by atoms with E-state index in [9.17, 15) is 14.7 Å². The van der Waals surface area contributed by atoms with Crippen LogP contribution in [0.2, 0.25) is 10.0 Å². The minimum absolute atomic E-state index is 0.0322. The molecule has 13 heteroatoms. The first-order chi connectivity index (χ1) is 24.2. The van der Waals surface area contributed by atoms with Gasteiger partial charge < -0.3 is 34.0 Å². The van der Waals surface area contributed by atoms with Gasteiger partial charge in [-0.2, -0.15) is 0 Å². The number of carbonyl (C=O) groups excluding carboxylic acids is 1. The number of morpholine rings is 1. The number of methoxy groups -OCH3 is 1. The van der Waals surface area contributed by atoms with E-state index in [0.717, 1.165) is 57.1 Å². The molecule has 0 saturated carbocycles. The largest absolute Gasteiger partial charge is 0.478 e. The van der Waals surface area contributed by atoms with Crippen LogP contribution in [0.5, 0.6) is 5.75 Å². The molecule has 0 aliphatic carbocycles. The van der Waals surface area contributed by atoms with E-state index in [2.05, 4.69) is 14.7 Å². The van der Waals surface area contributed by atoms with Crippen molar-refractivity contribution in [3.63, 3.8) is 0 Å². The molecule has 0 spiro atoms. The molecule has 10 nitrogen and oxygen atoms in total. The van der Waals surface area contributed by atoms with Crippen molar-refractivity contribution in [1.29, 1.82) is 0 Å². The molecule has 4 saturated heterocycles. The Morgan fingerprint density at radius 2 is 1.64 bits per heavy atom. The molecule has 5 aliphatic heterocycles. The molecule has 5 heterocycles. The first-order valence-electron chi connectivity index (χ1n) is 17.2. The molecule has 5 aliphatic rings. The van der Waals surface area contributed by atoms with Crippen LogP contribution in [0.15, 0.2) is 42.5 Å². The first-order valence-corrected chi connectivity index (χ1v) is 17.9. The Labute approximate surface area is 300 Å². The number of fused-ring (bicyclic) bond motifs is 5. The zero-order valence-electron chi connectivity index (χ0n) is 27.7. The molecule has 1 N–H and O–H groups in total. The molecular weight excluding hydrogens is 686 g/mol. The SMILES string of the molecule is COCCN1C2CCC1CN(c1cc(Cl)c(C(=O)N3COc4c(cccc4-c4cc(N5C6CCC5COC6)c(C(=O)O)cc4F)C3)c(Cl)c1)C2. The molecule has 264 valence electrons. The fourth-order valence-corrected chi connectivity index (χ4v) is 9.30. The van der Waals surface area contributed by atoms with E-state index in [1.807, 2.05) is 18.2 Å². The lowest BCUT2D eigenvalue weighted by atomic mass is 9.96. The van der Waals surface area contributed by atoms with Crippen LogP contribution in [-0.2, 0) is 16.0 Å². The summed E-state index contributed by atoms with van der Waals surface area (Å²) in [6, 6.07) is 12.7. The maximum Gasteiger partial charge on any atom is 0.337 e. The minimum atomic E-state index is -1.19. The Morgan fingerprint density at radius 1 is 0.960 bits per heavy atom. The smallest absolute Gasteiger partial charge is 0.337 e. The molecule has 50 heavy (non-hydrogen) atoms. The van der Waals surface area contributed by atoms with E-state index >= 15 is 4.39 Å². The number of carboxylic acids is 1. The predicted octanol–water partition coefficient (Wildman–Crippen LogP) is 6.16. The van der Waals surface area contributed by atoms with Crippen molar-refractivity contribution in [2.45, 2.75) is 56.4 Å². The summed E-state index contributed by atoms with van der Waals surface area (Å²) in [5, 5.41) is 10.6. The number of carbonyl (C=O) groups is 2. The molecule has 1 amide bonds. The molecular formula is C37H39Cl2FN4O6. The molecule has 4 bridgehead atoms. The standard InChI is InChI=1S/C37H39Cl2FN4O6/c1-48-10-9-43-22-5-6-23(43)17-41(16-22)26-11-30(38)34(31(39)12-26)36(45)42-15-21-3-2-4-27(35(21)50-20-42)28-14-33(29(37(46)47)13-32(28)40)44-24-7-8-25(44)19-49-18-24/h2-4,11-14,22-25H,5-10,15-20H2,1H3,(H,46,47). The quantitative estimate of drug-likeness (QED) is 0.293. The summed E-state index contributed by atoms with van der Waals surface area (Å²) in [4.78, 5) is 34.6.